The van der Waals surface area contributed by atoms with Gasteiger partial charge in [-0.1, -0.05) is 12.1 Å². The van der Waals surface area contributed by atoms with Gasteiger partial charge in [-0.25, -0.2) is 4.39 Å². The van der Waals surface area contributed by atoms with Crippen LogP contribution in [0.4, 0.5) is 10.1 Å². The largest absolute Gasteiger partial charge is 0.375 e. The van der Waals surface area contributed by atoms with E-state index in [2.05, 4.69) is 10.3 Å². The molecule has 1 aromatic carbocycles. The van der Waals surface area contributed by atoms with Crippen molar-refractivity contribution in [3.63, 3.8) is 0 Å². The van der Waals surface area contributed by atoms with E-state index in [1.165, 1.54) is 12.1 Å². The molecule has 0 saturated carbocycles. The molecule has 1 aromatic heterocycles. The Labute approximate surface area is 99.5 Å². The van der Waals surface area contributed by atoms with Gasteiger partial charge in [-0.2, -0.15) is 0 Å². The van der Waals surface area contributed by atoms with Gasteiger partial charge in [0.25, 0.3) is 0 Å². The standard InChI is InChI=1S/C13H14FN3/c14-10-4-3-5-11(8-10)17-13(9-15)12-6-1-2-7-16-12/h1-8,13,17H,9,15H2. The summed E-state index contributed by atoms with van der Waals surface area (Å²) in [6, 6.07) is 11.8. The molecule has 0 fully saturated rings. The van der Waals surface area contributed by atoms with Crippen LogP contribution in [0.3, 0.4) is 0 Å². The number of nitrogens with zero attached hydrogens (tertiary/aromatic N) is 1. The van der Waals surface area contributed by atoms with Crippen LogP contribution >= 0.6 is 0 Å². The van der Waals surface area contributed by atoms with Crippen molar-refractivity contribution in [1.82, 2.24) is 4.98 Å². The zero-order chi connectivity index (χ0) is 12.1. The Bertz CT molecular complexity index is 473. The second-order valence-electron chi connectivity index (χ2n) is 3.70. The Kier molecular flexibility index (Phi) is 3.67. The number of halogens is 1. The van der Waals surface area contributed by atoms with Crippen LogP contribution in [0.1, 0.15) is 11.7 Å². The molecule has 4 heteroatoms. The first-order valence-electron chi connectivity index (χ1n) is 5.42. The van der Waals surface area contributed by atoms with E-state index in [1.807, 2.05) is 18.2 Å². The summed E-state index contributed by atoms with van der Waals surface area (Å²) in [5.41, 5.74) is 7.24. The van der Waals surface area contributed by atoms with E-state index in [9.17, 15) is 4.39 Å². The number of rotatable bonds is 4. The van der Waals surface area contributed by atoms with E-state index >= 15 is 0 Å². The van der Waals surface area contributed by atoms with Crippen molar-refractivity contribution >= 4 is 5.69 Å². The molecular formula is C13H14FN3. The third-order valence-corrected chi connectivity index (χ3v) is 2.45. The van der Waals surface area contributed by atoms with Gasteiger partial charge in [0.15, 0.2) is 0 Å². The van der Waals surface area contributed by atoms with Gasteiger partial charge in [0.1, 0.15) is 5.82 Å². The van der Waals surface area contributed by atoms with Crippen LogP contribution in [0.15, 0.2) is 48.7 Å². The summed E-state index contributed by atoms with van der Waals surface area (Å²) < 4.78 is 13.0. The molecule has 0 aliphatic heterocycles. The van der Waals surface area contributed by atoms with Crippen LogP contribution < -0.4 is 11.1 Å². The van der Waals surface area contributed by atoms with Crippen molar-refractivity contribution in [3.05, 3.63) is 60.2 Å². The molecule has 1 heterocycles. The van der Waals surface area contributed by atoms with E-state index < -0.39 is 0 Å². The van der Waals surface area contributed by atoms with Gasteiger partial charge in [0, 0.05) is 18.4 Å². The van der Waals surface area contributed by atoms with Gasteiger partial charge in [0.2, 0.25) is 0 Å². The van der Waals surface area contributed by atoms with Crippen LogP contribution in [-0.2, 0) is 0 Å². The van der Waals surface area contributed by atoms with Crippen LogP contribution in [0.25, 0.3) is 0 Å². The molecule has 0 radical (unpaired) electrons. The first kappa shape index (κ1) is 11.5. The van der Waals surface area contributed by atoms with Gasteiger partial charge in [-0.15, -0.1) is 0 Å². The summed E-state index contributed by atoms with van der Waals surface area (Å²) in [6.07, 6.45) is 1.71. The zero-order valence-corrected chi connectivity index (χ0v) is 9.31. The fourth-order valence-electron chi connectivity index (χ4n) is 1.62. The number of pyridine rings is 1. The maximum absolute atomic E-state index is 13.0. The summed E-state index contributed by atoms with van der Waals surface area (Å²) in [6.45, 7) is 0.396. The highest BCUT2D eigenvalue weighted by Crippen LogP contribution is 2.17. The average Bonchev–Trinajstić information content (AvgIpc) is 2.37. The minimum absolute atomic E-state index is 0.113. The van der Waals surface area contributed by atoms with Crippen molar-refractivity contribution in [2.45, 2.75) is 6.04 Å². The minimum atomic E-state index is -0.271. The molecule has 17 heavy (non-hydrogen) atoms. The zero-order valence-electron chi connectivity index (χ0n) is 9.31. The molecule has 1 atom stereocenters. The molecule has 0 saturated heterocycles. The summed E-state index contributed by atoms with van der Waals surface area (Å²) >= 11 is 0. The summed E-state index contributed by atoms with van der Waals surface area (Å²) in [4.78, 5) is 4.23. The monoisotopic (exact) mass is 231 g/mol. The number of benzene rings is 1. The second-order valence-corrected chi connectivity index (χ2v) is 3.70. The summed E-state index contributed by atoms with van der Waals surface area (Å²) in [5.74, 6) is -0.271. The molecule has 3 N–H and O–H groups in total. The number of nitrogens with two attached hydrogens (primary N) is 1. The molecule has 2 rings (SSSR count). The van der Waals surface area contributed by atoms with Crippen LogP contribution in [0, 0.1) is 5.82 Å². The molecule has 0 bridgehead atoms. The van der Waals surface area contributed by atoms with Gasteiger partial charge in [-0.05, 0) is 30.3 Å². The topological polar surface area (TPSA) is 50.9 Å². The number of nitrogens with one attached hydrogen (secondary N) is 1. The highest BCUT2D eigenvalue weighted by molar-refractivity contribution is 5.45. The fraction of sp³-hybridized carbons (Fsp3) is 0.154. The predicted octanol–water partition coefficient (Wildman–Crippen LogP) is 2.33. The first-order valence-corrected chi connectivity index (χ1v) is 5.42. The Morgan fingerprint density at radius 1 is 1.24 bits per heavy atom. The quantitative estimate of drug-likeness (QED) is 0.849. The van der Waals surface area contributed by atoms with Crippen molar-refractivity contribution in [2.24, 2.45) is 5.73 Å². The molecule has 0 aliphatic carbocycles. The molecule has 88 valence electrons. The second kappa shape index (κ2) is 5.41. The third kappa shape index (κ3) is 3.01. The Morgan fingerprint density at radius 2 is 2.12 bits per heavy atom. The van der Waals surface area contributed by atoms with Crippen LogP contribution in [0.2, 0.25) is 0 Å². The molecule has 1 unspecified atom stereocenters. The lowest BCUT2D eigenvalue weighted by Crippen LogP contribution is -2.21. The van der Waals surface area contributed by atoms with E-state index in [1.54, 1.807) is 18.3 Å². The molecule has 0 spiro atoms. The Balaban J connectivity index is 2.16. The van der Waals surface area contributed by atoms with Gasteiger partial charge in [-0.3, -0.25) is 4.98 Å². The Hall–Kier alpha value is -1.94. The lowest BCUT2D eigenvalue weighted by atomic mass is 10.1. The molecular weight excluding hydrogens is 217 g/mol. The number of hydrogen-bond acceptors (Lipinski definition) is 3. The van der Waals surface area contributed by atoms with Crippen molar-refractivity contribution < 1.29 is 4.39 Å². The maximum atomic E-state index is 13.0. The number of anilines is 1. The average molecular weight is 231 g/mol. The molecule has 3 nitrogen and oxygen atoms in total. The summed E-state index contributed by atoms with van der Waals surface area (Å²) in [5, 5.41) is 3.16. The number of hydrogen-bond donors (Lipinski definition) is 2. The lowest BCUT2D eigenvalue weighted by Gasteiger charge is -2.17. The Morgan fingerprint density at radius 3 is 2.76 bits per heavy atom. The van der Waals surface area contributed by atoms with Crippen LogP contribution in [0.5, 0.6) is 0 Å². The van der Waals surface area contributed by atoms with Gasteiger partial charge >= 0.3 is 0 Å². The lowest BCUT2D eigenvalue weighted by molar-refractivity contribution is 0.627. The fourth-order valence-corrected chi connectivity index (χ4v) is 1.62. The highest BCUT2D eigenvalue weighted by atomic mass is 19.1. The van der Waals surface area contributed by atoms with E-state index in [0.29, 0.717) is 12.2 Å². The van der Waals surface area contributed by atoms with E-state index in [-0.39, 0.29) is 11.9 Å². The van der Waals surface area contributed by atoms with Crippen molar-refractivity contribution in [1.29, 1.82) is 0 Å². The smallest absolute Gasteiger partial charge is 0.125 e. The van der Waals surface area contributed by atoms with Gasteiger partial charge in [0.05, 0.1) is 11.7 Å². The van der Waals surface area contributed by atoms with Crippen molar-refractivity contribution in [3.8, 4) is 0 Å². The number of aromatic nitrogens is 1. The maximum Gasteiger partial charge on any atom is 0.125 e. The SMILES string of the molecule is NCC(Nc1cccc(F)c1)c1ccccn1. The van der Waals surface area contributed by atoms with E-state index in [4.69, 9.17) is 5.73 Å². The summed E-state index contributed by atoms with van der Waals surface area (Å²) in [7, 11) is 0. The van der Waals surface area contributed by atoms with Gasteiger partial charge < -0.3 is 11.1 Å². The van der Waals surface area contributed by atoms with Crippen LogP contribution in [-0.4, -0.2) is 11.5 Å². The molecule has 0 amide bonds. The molecule has 0 aliphatic rings. The molecule has 2 aromatic rings. The highest BCUT2D eigenvalue weighted by Gasteiger charge is 2.10. The third-order valence-electron chi connectivity index (χ3n) is 2.45. The van der Waals surface area contributed by atoms with Crippen molar-refractivity contribution in [2.75, 3.05) is 11.9 Å². The van der Waals surface area contributed by atoms with E-state index in [0.717, 1.165) is 5.69 Å². The predicted molar refractivity (Wildman–Crippen MR) is 66.1 cm³/mol. The first-order chi connectivity index (χ1) is 8.29. The normalized spacial score (nSPS) is 12.1. The minimum Gasteiger partial charge on any atom is -0.375 e.